The van der Waals surface area contributed by atoms with E-state index in [0.717, 1.165) is 10.7 Å². The van der Waals surface area contributed by atoms with Crippen LogP contribution in [-0.2, 0) is 0 Å². The number of benzene rings is 1. The van der Waals surface area contributed by atoms with Crippen LogP contribution in [0.3, 0.4) is 0 Å². The Bertz CT molecular complexity index is 217. The van der Waals surface area contributed by atoms with E-state index in [9.17, 15) is 0 Å². The Balaban J connectivity index is 2.20. The fourth-order valence-corrected chi connectivity index (χ4v) is 1.92. The fourth-order valence-electron chi connectivity index (χ4n) is 1.21. The van der Waals surface area contributed by atoms with E-state index in [4.69, 9.17) is 0 Å². The molecular formula is C9H9Br. The van der Waals surface area contributed by atoms with Gasteiger partial charge in [-0.25, -0.2) is 0 Å². The molecular weight excluding hydrogens is 188 g/mol. The topological polar surface area (TPSA) is 0 Å². The van der Waals surface area contributed by atoms with Crippen molar-refractivity contribution in [3.8, 4) is 0 Å². The normalized spacial score (nSPS) is 30.1. The molecule has 0 radical (unpaired) electrons. The van der Waals surface area contributed by atoms with Crippen LogP contribution in [0.4, 0.5) is 0 Å². The molecule has 0 bridgehead atoms. The molecule has 1 heteroatoms. The van der Waals surface area contributed by atoms with Gasteiger partial charge in [0, 0.05) is 4.83 Å². The van der Waals surface area contributed by atoms with E-state index in [0.29, 0.717) is 0 Å². The molecule has 0 aliphatic heterocycles. The van der Waals surface area contributed by atoms with Crippen molar-refractivity contribution >= 4 is 15.9 Å². The third-order valence-corrected chi connectivity index (χ3v) is 2.95. The summed E-state index contributed by atoms with van der Waals surface area (Å²) in [4.78, 5) is 0.745. The molecule has 52 valence electrons. The van der Waals surface area contributed by atoms with Crippen molar-refractivity contribution in [3.63, 3.8) is 0 Å². The molecule has 1 aromatic rings. The van der Waals surface area contributed by atoms with Gasteiger partial charge in [0.1, 0.15) is 0 Å². The van der Waals surface area contributed by atoms with Crippen LogP contribution in [0.5, 0.6) is 0 Å². The van der Waals surface area contributed by atoms with Gasteiger partial charge in [-0.3, -0.25) is 0 Å². The maximum atomic E-state index is 3.59. The Kier molecular flexibility index (Phi) is 1.53. The molecule has 2 atom stereocenters. The standard InChI is InChI=1S/C9H9Br/c10-9-6-8(9)7-4-2-1-3-5-7/h1-5,8-9H,6H2/t8-,9-/m0/s1. The monoisotopic (exact) mass is 196 g/mol. The van der Waals surface area contributed by atoms with E-state index in [1.807, 2.05) is 0 Å². The minimum Gasteiger partial charge on any atom is -0.0884 e. The van der Waals surface area contributed by atoms with Crippen molar-refractivity contribution in [1.29, 1.82) is 0 Å². The highest BCUT2D eigenvalue weighted by molar-refractivity contribution is 9.09. The average molecular weight is 197 g/mol. The van der Waals surface area contributed by atoms with Gasteiger partial charge in [0.25, 0.3) is 0 Å². The highest BCUT2D eigenvalue weighted by Gasteiger charge is 2.35. The van der Waals surface area contributed by atoms with Crippen LogP contribution in [-0.4, -0.2) is 4.83 Å². The van der Waals surface area contributed by atoms with Gasteiger partial charge in [0.05, 0.1) is 0 Å². The van der Waals surface area contributed by atoms with Crippen LogP contribution in [0.1, 0.15) is 17.9 Å². The predicted octanol–water partition coefficient (Wildman–Crippen LogP) is 2.94. The zero-order valence-corrected chi connectivity index (χ0v) is 7.21. The predicted molar refractivity (Wildman–Crippen MR) is 46.5 cm³/mol. The molecule has 1 fully saturated rings. The van der Waals surface area contributed by atoms with Crippen LogP contribution in [0.25, 0.3) is 0 Å². The van der Waals surface area contributed by atoms with Gasteiger partial charge in [-0.1, -0.05) is 46.3 Å². The van der Waals surface area contributed by atoms with E-state index in [1.165, 1.54) is 12.0 Å². The summed E-state index contributed by atoms with van der Waals surface area (Å²) in [5.41, 5.74) is 1.48. The van der Waals surface area contributed by atoms with Crippen LogP contribution >= 0.6 is 15.9 Å². The highest BCUT2D eigenvalue weighted by atomic mass is 79.9. The summed E-state index contributed by atoms with van der Waals surface area (Å²) < 4.78 is 0. The lowest BCUT2D eigenvalue weighted by molar-refractivity contribution is 1.14. The molecule has 1 aliphatic carbocycles. The van der Waals surface area contributed by atoms with Gasteiger partial charge in [-0.05, 0) is 17.9 Å². The van der Waals surface area contributed by atoms with Crippen molar-refractivity contribution in [1.82, 2.24) is 0 Å². The second-order valence-corrected chi connectivity index (χ2v) is 3.95. The summed E-state index contributed by atoms with van der Waals surface area (Å²) in [5.74, 6) is 0.793. The summed E-state index contributed by atoms with van der Waals surface area (Å²) in [6.07, 6.45) is 1.31. The lowest BCUT2D eigenvalue weighted by atomic mass is 10.1. The number of hydrogen-bond acceptors (Lipinski definition) is 0. The van der Waals surface area contributed by atoms with Crippen LogP contribution in [0.2, 0.25) is 0 Å². The lowest BCUT2D eigenvalue weighted by Gasteiger charge is -1.93. The number of hydrogen-bond donors (Lipinski definition) is 0. The number of rotatable bonds is 1. The quantitative estimate of drug-likeness (QED) is 0.607. The molecule has 0 aromatic heterocycles. The SMILES string of the molecule is Br[C@H]1C[C@H]1c1ccccc1. The third-order valence-electron chi connectivity index (χ3n) is 1.94. The molecule has 10 heavy (non-hydrogen) atoms. The van der Waals surface area contributed by atoms with Crippen molar-refractivity contribution in [2.45, 2.75) is 17.2 Å². The summed E-state index contributed by atoms with van der Waals surface area (Å²) in [7, 11) is 0. The van der Waals surface area contributed by atoms with Crippen LogP contribution in [0, 0.1) is 0 Å². The molecule has 0 spiro atoms. The second-order valence-electron chi connectivity index (χ2n) is 2.77. The van der Waals surface area contributed by atoms with Crippen molar-refractivity contribution in [2.24, 2.45) is 0 Å². The Morgan fingerprint density at radius 3 is 2.30 bits per heavy atom. The first-order chi connectivity index (χ1) is 4.88. The van der Waals surface area contributed by atoms with Gasteiger partial charge in [-0.2, -0.15) is 0 Å². The molecule has 2 rings (SSSR count). The molecule has 0 saturated heterocycles. The number of alkyl halides is 1. The first-order valence-electron chi connectivity index (χ1n) is 3.57. The van der Waals surface area contributed by atoms with Crippen LogP contribution in [0.15, 0.2) is 30.3 Å². The molecule has 0 N–H and O–H groups in total. The van der Waals surface area contributed by atoms with Crippen molar-refractivity contribution in [3.05, 3.63) is 35.9 Å². The van der Waals surface area contributed by atoms with Crippen LogP contribution < -0.4 is 0 Å². The van der Waals surface area contributed by atoms with E-state index in [1.54, 1.807) is 0 Å². The Morgan fingerprint density at radius 2 is 1.80 bits per heavy atom. The Hall–Kier alpha value is -0.300. The largest absolute Gasteiger partial charge is 0.0884 e. The maximum absolute atomic E-state index is 3.59. The molecule has 1 saturated carbocycles. The van der Waals surface area contributed by atoms with Crippen molar-refractivity contribution in [2.75, 3.05) is 0 Å². The first kappa shape index (κ1) is 6.41. The van der Waals surface area contributed by atoms with Gasteiger partial charge < -0.3 is 0 Å². The van der Waals surface area contributed by atoms with Gasteiger partial charge in [0.15, 0.2) is 0 Å². The molecule has 1 aliphatic rings. The summed E-state index contributed by atoms with van der Waals surface area (Å²) in [6, 6.07) is 10.7. The average Bonchev–Trinajstić information content (AvgIpc) is 2.69. The lowest BCUT2D eigenvalue weighted by Crippen LogP contribution is -1.78. The third kappa shape index (κ3) is 1.10. The molecule has 0 amide bonds. The molecule has 0 heterocycles. The van der Waals surface area contributed by atoms with Crippen molar-refractivity contribution < 1.29 is 0 Å². The van der Waals surface area contributed by atoms with E-state index in [-0.39, 0.29) is 0 Å². The molecule has 0 nitrogen and oxygen atoms in total. The summed E-state index contributed by atoms with van der Waals surface area (Å²) in [6.45, 7) is 0. The first-order valence-corrected chi connectivity index (χ1v) is 4.48. The molecule has 0 unspecified atom stereocenters. The Labute approximate surface area is 69.4 Å². The van der Waals surface area contributed by atoms with E-state index >= 15 is 0 Å². The zero-order valence-electron chi connectivity index (χ0n) is 5.63. The number of halogens is 1. The summed E-state index contributed by atoms with van der Waals surface area (Å²) in [5, 5.41) is 0. The second kappa shape index (κ2) is 2.39. The molecule has 1 aromatic carbocycles. The minimum atomic E-state index is 0.745. The maximum Gasteiger partial charge on any atom is 0.0221 e. The van der Waals surface area contributed by atoms with Gasteiger partial charge in [0.2, 0.25) is 0 Å². The van der Waals surface area contributed by atoms with Gasteiger partial charge in [-0.15, -0.1) is 0 Å². The van der Waals surface area contributed by atoms with E-state index < -0.39 is 0 Å². The van der Waals surface area contributed by atoms with Gasteiger partial charge >= 0.3 is 0 Å². The summed E-state index contributed by atoms with van der Waals surface area (Å²) >= 11 is 3.59. The fraction of sp³-hybridized carbons (Fsp3) is 0.333. The van der Waals surface area contributed by atoms with E-state index in [2.05, 4.69) is 46.3 Å². The minimum absolute atomic E-state index is 0.745. The smallest absolute Gasteiger partial charge is 0.0221 e. The highest BCUT2D eigenvalue weighted by Crippen LogP contribution is 2.46. The Morgan fingerprint density at radius 1 is 1.20 bits per heavy atom. The zero-order chi connectivity index (χ0) is 6.97.